The molecule has 16 heteroatoms. The van der Waals surface area contributed by atoms with E-state index < -0.39 is 42.1 Å². The molecule has 2 fully saturated rings. The minimum Gasteiger partial charge on any atom is -0.453 e. The quantitative estimate of drug-likeness (QED) is 0.144. The molecule has 7 rings (SSSR count). The number of carbonyl (C=O) groups is 4. The molecule has 0 saturated carbocycles. The van der Waals surface area contributed by atoms with E-state index in [0.717, 1.165) is 33.6 Å². The summed E-state index contributed by atoms with van der Waals surface area (Å²) in [6.45, 7) is 8.97. The number of aromatic amines is 2. The third-order valence-corrected chi connectivity index (χ3v) is 10.9. The van der Waals surface area contributed by atoms with Gasteiger partial charge in [0.05, 0.1) is 57.6 Å². The highest BCUT2D eigenvalue weighted by molar-refractivity contribution is 5.87. The Kier molecular flexibility index (Phi) is 11.7. The number of imidazole rings is 2. The lowest BCUT2D eigenvalue weighted by molar-refractivity contribution is -0.153. The maximum atomic E-state index is 13.9. The van der Waals surface area contributed by atoms with Gasteiger partial charge in [-0.15, -0.1) is 0 Å². The fourth-order valence-electron chi connectivity index (χ4n) is 7.73. The molecule has 3 aliphatic rings. The van der Waals surface area contributed by atoms with E-state index in [-0.39, 0.29) is 30.2 Å². The molecule has 0 aliphatic carbocycles. The third-order valence-electron chi connectivity index (χ3n) is 10.9. The number of likely N-dealkylation sites (tertiary alicyclic amines) is 1. The maximum Gasteiger partial charge on any atom is 0.407 e. The van der Waals surface area contributed by atoms with Crippen LogP contribution in [0.1, 0.15) is 57.8 Å². The predicted octanol–water partition coefficient (Wildman–Crippen LogP) is 5.35. The number of hydrogen-bond acceptors (Lipinski definition) is 10. The van der Waals surface area contributed by atoms with E-state index in [9.17, 15) is 19.2 Å². The molecular weight excluding hydrogens is 745 g/mol. The van der Waals surface area contributed by atoms with Gasteiger partial charge in [-0.05, 0) is 28.5 Å². The van der Waals surface area contributed by atoms with Gasteiger partial charge in [0.15, 0.2) is 5.79 Å². The van der Waals surface area contributed by atoms with Crippen LogP contribution in [0.15, 0.2) is 73.1 Å². The maximum absolute atomic E-state index is 13.9. The molecule has 16 nitrogen and oxygen atoms in total. The van der Waals surface area contributed by atoms with Gasteiger partial charge in [0, 0.05) is 24.7 Å². The Hall–Kier alpha value is -6.00. The Morgan fingerprint density at radius 2 is 1.34 bits per heavy atom. The number of carbonyl (C=O) groups excluding carboxylic acids is 4. The van der Waals surface area contributed by atoms with Crippen molar-refractivity contribution in [2.45, 2.75) is 64.1 Å². The first-order valence-corrected chi connectivity index (χ1v) is 19.5. The number of aromatic nitrogens is 4. The third kappa shape index (κ3) is 8.20. The standard InChI is InChI=1S/C42H50N8O8/c1-24(2)34(47-40(53)55-5)38(51)49-17-7-8-32(49)36-43-21-30(45-36)28-13-9-26(10-14-28)27-11-15-29(16-12-27)31-22-44-37(46-31)33-20-42(57-18-19-58-42)23-50(33)39(52)35(25(3)4)48-41(54)56-6/h7-16,21-22,24-25,32-35H,17-20,23H2,1-6H3,(H,43,45)(H,44,46)(H,47,53)(H,48,54)/t32-,33-,34-,35-/m0/s1. The van der Waals surface area contributed by atoms with Crippen LogP contribution in [0.4, 0.5) is 9.59 Å². The van der Waals surface area contributed by atoms with Crippen molar-refractivity contribution in [1.82, 2.24) is 40.4 Å². The average Bonchev–Trinajstić information content (AvgIpc) is 4.09. The van der Waals surface area contributed by atoms with Gasteiger partial charge in [-0.3, -0.25) is 9.59 Å². The van der Waals surface area contributed by atoms with Crippen LogP contribution >= 0.6 is 0 Å². The zero-order chi connectivity index (χ0) is 41.1. The highest BCUT2D eigenvalue weighted by Gasteiger charge is 2.52. The summed E-state index contributed by atoms with van der Waals surface area (Å²) < 4.78 is 21.6. The van der Waals surface area contributed by atoms with Crippen LogP contribution in [0, 0.1) is 11.8 Å². The van der Waals surface area contributed by atoms with E-state index in [1.165, 1.54) is 14.2 Å². The normalized spacial score (nSPS) is 19.5. The van der Waals surface area contributed by atoms with E-state index in [0.29, 0.717) is 37.8 Å². The first kappa shape index (κ1) is 40.2. The zero-order valence-electron chi connectivity index (χ0n) is 33.5. The summed E-state index contributed by atoms with van der Waals surface area (Å²) in [7, 11) is 2.54. The number of alkyl carbamates (subject to hydrolysis) is 2. The monoisotopic (exact) mass is 794 g/mol. The minimum absolute atomic E-state index is 0.140. The number of amides is 4. The Bertz CT molecular complexity index is 2140. The number of H-pyrrole nitrogens is 2. The molecule has 5 heterocycles. The van der Waals surface area contributed by atoms with Gasteiger partial charge < -0.3 is 49.3 Å². The van der Waals surface area contributed by atoms with Crippen LogP contribution in [0.5, 0.6) is 0 Å². The van der Waals surface area contributed by atoms with Crippen LogP contribution < -0.4 is 10.6 Å². The summed E-state index contributed by atoms with van der Waals surface area (Å²) in [6.07, 6.45) is 6.51. The van der Waals surface area contributed by atoms with Crippen molar-refractivity contribution >= 4 is 24.0 Å². The van der Waals surface area contributed by atoms with E-state index in [1.807, 2.05) is 94.6 Å². The second-order valence-corrected chi connectivity index (χ2v) is 15.4. The van der Waals surface area contributed by atoms with Crippen molar-refractivity contribution in [3.8, 4) is 33.6 Å². The zero-order valence-corrected chi connectivity index (χ0v) is 33.5. The van der Waals surface area contributed by atoms with Gasteiger partial charge in [-0.2, -0.15) is 0 Å². The van der Waals surface area contributed by atoms with E-state index >= 15 is 0 Å². The summed E-state index contributed by atoms with van der Waals surface area (Å²) in [5.74, 6) is -0.522. The van der Waals surface area contributed by atoms with Crippen LogP contribution in [0.3, 0.4) is 0 Å². The fourth-order valence-corrected chi connectivity index (χ4v) is 7.73. The Labute approximate surface area is 336 Å². The predicted molar refractivity (Wildman–Crippen MR) is 213 cm³/mol. The van der Waals surface area contributed by atoms with Gasteiger partial charge in [0.25, 0.3) is 0 Å². The van der Waals surface area contributed by atoms with Crippen molar-refractivity contribution in [3.05, 3.63) is 84.7 Å². The van der Waals surface area contributed by atoms with E-state index in [1.54, 1.807) is 16.0 Å². The molecule has 2 aromatic carbocycles. The second-order valence-electron chi connectivity index (χ2n) is 15.4. The molecule has 58 heavy (non-hydrogen) atoms. The lowest BCUT2D eigenvalue weighted by Gasteiger charge is -2.30. The van der Waals surface area contributed by atoms with E-state index in [4.69, 9.17) is 28.9 Å². The molecule has 1 spiro atoms. The van der Waals surface area contributed by atoms with Crippen molar-refractivity contribution < 1.29 is 38.1 Å². The molecule has 306 valence electrons. The first-order chi connectivity index (χ1) is 27.9. The second kappa shape index (κ2) is 16.8. The van der Waals surface area contributed by atoms with Crippen LogP contribution in [0.25, 0.3) is 33.6 Å². The molecule has 4 aromatic rings. The van der Waals surface area contributed by atoms with E-state index in [2.05, 4.69) is 20.6 Å². The average molecular weight is 795 g/mol. The molecule has 4 amide bonds. The molecular formula is C42H50N8O8. The van der Waals surface area contributed by atoms with Crippen molar-refractivity contribution in [2.75, 3.05) is 40.5 Å². The summed E-state index contributed by atoms with van der Waals surface area (Å²) in [5.41, 5.74) is 5.40. The number of nitrogens with one attached hydrogen (secondary N) is 4. The highest BCUT2D eigenvalue weighted by atomic mass is 16.7. The van der Waals surface area contributed by atoms with Gasteiger partial charge in [0.2, 0.25) is 11.8 Å². The Morgan fingerprint density at radius 3 is 1.91 bits per heavy atom. The SMILES string of the molecule is COC(=O)N[C@H](C(=O)N1CC=C[C@H]1c1nc(-c2ccc(-c3ccc(-c4cnc([C@@H]5CC6(CN5C(=O)[C@@H](NC(=O)OC)C(C)C)OCCO6)[nH]4)cc3)cc2)c[nH]1)C(C)C. The molecule has 0 bridgehead atoms. The largest absolute Gasteiger partial charge is 0.453 e. The number of hydrogen-bond donors (Lipinski definition) is 4. The molecule has 2 aromatic heterocycles. The Morgan fingerprint density at radius 1 is 0.793 bits per heavy atom. The smallest absolute Gasteiger partial charge is 0.407 e. The lowest BCUT2D eigenvalue weighted by Crippen LogP contribution is -2.52. The summed E-state index contributed by atoms with van der Waals surface area (Å²) >= 11 is 0. The molecule has 4 N–H and O–H groups in total. The summed E-state index contributed by atoms with van der Waals surface area (Å²) in [6, 6.07) is 13.8. The van der Waals surface area contributed by atoms with Crippen molar-refractivity contribution in [3.63, 3.8) is 0 Å². The number of nitrogens with zero attached hydrogens (tertiary/aromatic N) is 4. The summed E-state index contributed by atoms with van der Waals surface area (Å²) in [5, 5.41) is 5.35. The van der Waals surface area contributed by atoms with Gasteiger partial charge >= 0.3 is 12.2 Å². The molecule has 0 radical (unpaired) electrons. The first-order valence-electron chi connectivity index (χ1n) is 19.5. The number of rotatable bonds is 11. The van der Waals surface area contributed by atoms with Crippen LogP contribution in [-0.2, 0) is 28.5 Å². The van der Waals surface area contributed by atoms with Gasteiger partial charge in [-0.1, -0.05) is 88.4 Å². The molecule has 4 atom stereocenters. The Balaban J connectivity index is 1.03. The number of methoxy groups -OCH3 is 2. The number of benzene rings is 2. The topological polar surface area (TPSA) is 193 Å². The van der Waals surface area contributed by atoms with Crippen molar-refractivity contribution in [1.29, 1.82) is 0 Å². The van der Waals surface area contributed by atoms with Crippen LogP contribution in [-0.4, -0.2) is 112 Å². The fraction of sp³-hybridized carbons (Fsp3) is 0.429. The summed E-state index contributed by atoms with van der Waals surface area (Å²) in [4.78, 5) is 71.1. The highest BCUT2D eigenvalue weighted by Crippen LogP contribution is 2.43. The number of ether oxygens (including phenoxy) is 4. The minimum atomic E-state index is -0.936. The molecule has 0 unspecified atom stereocenters. The lowest BCUT2D eigenvalue weighted by atomic mass is 10.0. The van der Waals surface area contributed by atoms with Crippen LogP contribution in [0.2, 0.25) is 0 Å². The van der Waals surface area contributed by atoms with Gasteiger partial charge in [0.1, 0.15) is 29.8 Å². The van der Waals surface area contributed by atoms with Gasteiger partial charge in [-0.25, -0.2) is 19.6 Å². The molecule has 3 aliphatic heterocycles. The molecule has 2 saturated heterocycles. The van der Waals surface area contributed by atoms with Crippen molar-refractivity contribution in [2.24, 2.45) is 11.8 Å².